The fourth-order valence-corrected chi connectivity index (χ4v) is 3.18. The first-order valence-corrected chi connectivity index (χ1v) is 7.90. The van der Waals surface area contributed by atoms with E-state index >= 15 is 0 Å². The lowest BCUT2D eigenvalue weighted by atomic mass is 9.99. The fourth-order valence-electron chi connectivity index (χ4n) is 2.24. The van der Waals surface area contributed by atoms with Gasteiger partial charge >= 0.3 is 0 Å². The van der Waals surface area contributed by atoms with Crippen LogP contribution < -0.4 is 15.2 Å². The van der Waals surface area contributed by atoms with Crippen LogP contribution in [0.1, 0.15) is 17.2 Å². The van der Waals surface area contributed by atoms with Gasteiger partial charge in [0, 0.05) is 20.6 Å². The summed E-state index contributed by atoms with van der Waals surface area (Å²) in [4.78, 5) is 0. The average Bonchev–Trinajstić information content (AvgIpc) is 2.48. The largest absolute Gasteiger partial charge is 0.486 e. The molecule has 1 unspecified atom stereocenters. The quantitative estimate of drug-likeness (QED) is 0.819. The van der Waals surface area contributed by atoms with Crippen molar-refractivity contribution in [3.8, 4) is 11.5 Å². The Bertz CT molecular complexity index is 694. The van der Waals surface area contributed by atoms with Crippen LogP contribution >= 0.6 is 39.1 Å². The summed E-state index contributed by atoms with van der Waals surface area (Å²) in [5.41, 5.74) is 7.98. The molecule has 21 heavy (non-hydrogen) atoms. The molecule has 0 radical (unpaired) electrons. The SMILES string of the molecule is NC(c1cc2c(cc1Cl)OCCO2)c1cc(Cl)ccc1Br. The van der Waals surface area contributed by atoms with Gasteiger partial charge in [-0.25, -0.2) is 0 Å². The second kappa shape index (κ2) is 6.05. The maximum atomic E-state index is 6.35. The first-order valence-electron chi connectivity index (χ1n) is 6.36. The lowest BCUT2D eigenvalue weighted by Crippen LogP contribution is -2.18. The number of ether oxygens (including phenoxy) is 2. The molecule has 2 aromatic rings. The van der Waals surface area contributed by atoms with E-state index in [-0.39, 0.29) is 0 Å². The standard InChI is InChI=1S/C15H12BrCl2NO2/c16-11-2-1-8(17)5-9(11)15(19)10-6-13-14(7-12(10)18)21-4-3-20-13/h1-2,5-7,15H,3-4,19H2. The van der Waals surface area contributed by atoms with Gasteiger partial charge in [0.1, 0.15) is 13.2 Å². The highest BCUT2D eigenvalue weighted by molar-refractivity contribution is 9.10. The predicted octanol–water partition coefficient (Wildman–Crippen LogP) is 4.58. The summed E-state index contributed by atoms with van der Waals surface area (Å²) in [6.45, 7) is 1.04. The minimum absolute atomic E-state index is 0.415. The van der Waals surface area contributed by atoms with Crippen molar-refractivity contribution in [2.45, 2.75) is 6.04 Å². The number of hydrogen-bond acceptors (Lipinski definition) is 3. The van der Waals surface area contributed by atoms with E-state index in [9.17, 15) is 0 Å². The molecule has 0 spiro atoms. The van der Waals surface area contributed by atoms with Gasteiger partial charge in [-0.3, -0.25) is 0 Å². The van der Waals surface area contributed by atoms with Crippen LogP contribution in [0.25, 0.3) is 0 Å². The highest BCUT2D eigenvalue weighted by Gasteiger charge is 2.21. The van der Waals surface area contributed by atoms with Gasteiger partial charge in [0.2, 0.25) is 0 Å². The fraction of sp³-hybridized carbons (Fsp3) is 0.200. The third-order valence-corrected chi connectivity index (χ3v) is 4.57. The number of rotatable bonds is 2. The lowest BCUT2D eigenvalue weighted by Gasteiger charge is -2.22. The van der Waals surface area contributed by atoms with Crippen molar-refractivity contribution in [2.24, 2.45) is 5.73 Å². The highest BCUT2D eigenvalue weighted by Crippen LogP contribution is 2.40. The molecule has 0 saturated heterocycles. The summed E-state index contributed by atoms with van der Waals surface area (Å²) in [6, 6.07) is 8.64. The third kappa shape index (κ3) is 2.99. The molecular weight excluding hydrogens is 377 g/mol. The molecule has 6 heteroatoms. The van der Waals surface area contributed by atoms with E-state index in [4.69, 9.17) is 38.4 Å². The summed E-state index contributed by atoms with van der Waals surface area (Å²) in [6.07, 6.45) is 0. The van der Waals surface area contributed by atoms with Crippen LogP contribution in [0.4, 0.5) is 0 Å². The van der Waals surface area contributed by atoms with E-state index in [1.807, 2.05) is 18.2 Å². The molecule has 0 aromatic heterocycles. The number of halogens is 3. The Hall–Kier alpha value is -0.940. The first kappa shape index (κ1) is 15.0. The summed E-state index contributed by atoms with van der Waals surface area (Å²) in [5.74, 6) is 1.31. The van der Waals surface area contributed by atoms with E-state index in [1.165, 1.54) is 0 Å². The molecule has 1 aliphatic heterocycles. The molecular formula is C15H12BrCl2NO2. The monoisotopic (exact) mass is 387 g/mol. The van der Waals surface area contributed by atoms with Crippen molar-refractivity contribution >= 4 is 39.1 Å². The smallest absolute Gasteiger partial charge is 0.162 e. The highest BCUT2D eigenvalue weighted by atomic mass is 79.9. The van der Waals surface area contributed by atoms with Crippen LogP contribution in [0.5, 0.6) is 11.5 Å². The molecule has 1 heterocycles. The van der Waals surface area contributed by atoms with Crippen molar-refractivity contribution in [3.05, 3.63) is 56.0 Å². The number of nitrogens with two attached hydrogens (primary N) is 1. The molecule has 0 bridgehead atoms. The Labute approximate surface area is 141 Å². The predicted molar refractivity (Wildman–Crippen MR) is 87.6 cm³/mol. The van der Waals surface area contributed by atoms with Gasteiger partial charge in [-0.15, -0.1) is 0 Å². The van der Waals surface area contributed by atoms with Gasteiger partial charge in [0.25, 0.3) is 0 Å². The van der Waals surface area contributed by atoms with Crippen molar-refractivity contribution in [2.75, 3.05) is 13.2 Å². The molecule has 2 aromatic carbocycles. The van der Waals surface area contributed by atoms with Crippen LogP contribution in [0, 0.1) is 0 Å². The van der Waals surface area contributed by atoms with Crippen molar-refractivity contribution in [3.63, 3.8) is 0 Å². The Morgan fingerprint density at radius 2 is 1.67 bits per heavy atom. The van der Waals surface area contributed by atoms with E-state index in [1.54, 1.807) is 12.1 Å². The number of benzene rings is 2. The topological polar surface area (TPSA) is 44.5 Å². The molecule has 2 N–H and O–H groups in total. The molecule has 3 nitrogen and oxygen atoms in total. The molecule has 3 rings (SSSR count). The Morgan fingerprint density at radius 3 is 2.38 bits per heavy atom. The molecule has 1 atom stereocenters. The van der Waals surface area contributed by atoms with Gasteiger partial charge in [-0.1, -0.05) is 39.1 Å². The average molecular weight is 389 g/mol. The maximum absolute atomic E-state index is 6.35. The molecule has 0 aliphatic carbocycles. The van der Waals surface area contributed by atoms with Crippen molar-refractivity contribution in [1.29, 1.82) is 0 Å². The zero-order chi connectivity index (χ0) is 15.0. The van der Waals surface area contributed by atoms with E-state index < -0.39 is 6.04 Å². The Balaban J connectivity index is 2.05. The van der Waals surface area contributed by atoms with Crippen LogP contribution in [0.15, 0.2) is 34.8 Å². The van der Waals surface area contributed by atoms with Crippen molar-refractivity contribution < 1.29 is 9.47 Å². The van der Waals surface area contributed by atoms with Crippen LogP contribution in [0.2, 0.25) is 10.0 Å². The van der Waals surface area contributed by atoms with Gasteiger partial charge in [0.05, 0.1) is 6.04 Å². The minimum Gasteiger partial charge on any atom is -0.486 e. The Kier molecular flexibility index (Phi) is 4.31. The van der Waals surface area contributed by atoms with Crippen LogP contribution in [-0.4, -0.2) is 13.2 Å². The zero-order valence-corrected chi connectivity index (χ0v) is 14.0. The van der Waals surface area contributed by atoms with Gasteiger partial charge in [0.15, 0.2) is 11.5 Å². The molecule has 110 valence electrons. The molecule has 0 fully saturated rings. The van der Waals surface area contributed by atoms with E-state index in [0.29, 0.717) is 34.8 Å². The third-order valence-electron chi connectivity index (χ3n) is 3.29. The van der Waals surface area contributed by atoms with Gasteiger partial charge < -0.3 is 15.2 Å². The summed E-state index contributed by atoms with van der Waals surface area (Å²) < 4.78 is 12.0. The molecule has 1 aliphatic rings. The molecule has 0 amide bonds. The number of fused-ring (bicyclic) bond motifs is 1. The van der Waals surface area contributed by atoms with Crippen LogP contribution in [0.3, 0.4) is 0 Å². The van der Waals surface area contributed by atoms with Crippen LogP contribution in [-0.2, 0) is 0 Å². The lowest BCUT2D eigenvalue weighted by molar-refractivity contribution is 0.171. The second-order valence-electron chi connectivity index (χ2n) is 4.66. The normalized spacial score (nSPS) is 14.9. The van der Waals surface area contributed by atoms with Gasteiger partial charge in [-0.2, -0.15) is 0 Å². The number of hydrogen-bond donors (Lipinski definition) is 1. The molecule has 0 saturated carbocycles. The zero-order valence-electron chi connectivity index (χ0n) is 10.9. The van der Waals surface area contributed by atoms with E-state index in [0.717, 1.165) is 15.6 Å². The van der Waals surface area contributed by atoms with Crippen molar-refractivity contribution in [1.82, 2.24) is 0 Å². The second-order valence-corrected chi connectivity index (χ2v) is 6.36. The maximum Gasteiger partial charge on any atom is 0.162 e. The van der Waals surface area contributed by atoms with Gasteiger partial charge in [-0.05, 0) is 35.4 Å². The van der Waals surface area contributed by atoms with E-state index in [2.05, 4.69) is 15.9 Å². The summed E-state index contributed by atoms with van der Waals surface area (Å²) >= 11 is 15.9. The first-order chi connectivity index (χ1) is 10.1. The summed E-state index contributed by atoms with van der Waals surface area (Å²) in [7, 11) is 0. The minimum atomic E-state index is -0.415. The Morgan fingerprint density at radius 1 is 1.00 bits per heavy atom. The summed E-state index contributed by atoms with van der Waals surface area (Å²) in [5, 5.41) is 1.16.